The maximum Gasteiger partial charge on any atom is 0.243 e. The van der Waals surface area contributed by atoms with E-state index in [1.807, 2.05) is 32.9 Å². The number of aryl methyl sites for hydroxylation is 3. The Kier molecular flexibility index (Phi) is 3.01. The molecule has 0 amide bonds. The molecule has 2 N–H and O–H groups in total. The van der Waals surface area contributed by atoms with Crippen molar-refractivity contribution in [2.24, 2.45) is 5.73 Å². The summed E-state index contributed by atoms with van der Waals surface area (Å²) in [5.41, 5.74) is 8.34. The zero-order valence-electron chi connectivity index (χ0n) is 10.4. The third kappa shape index (κ3) is 2.10. The van der Waals surface area contributed by atoms with E-state index < -0.39 is 10.0 Å². The topological polar surface area (TPSA) is 63.4 Å². The van der Waals surface area contributed by atoms with Gasteiger partial charge in [-0.2, -0.15) is 4.31 Å². The van der Waals surface area contributed by atoms with Gasteiger partial charge in [0.05, 0.1) is 4.90 Å². The van der Waals surface area contributed by atoms with Crippen molar-refractivity contribution in [2.75, 3.05) is 13.1 Å². The Bertz CT molecular complexity index is 523. The fourth-order valence-electron chi connectivity index (χ4n) is 2.37. The van der Waals surface area contributed by atoms with Crippen molar-refractivity contribution >= 4 is 10.0 Å². The minimum atomic E-state index is -3.36. The SMILES string of the molecule is Cc1cc(C)c(S(=O)(=O)N2CC(N)C2)c(C)c1. The Morgan fingerprint density at radius 2 is 1.65 bits per heavy atom. The monoisotopic (exact) mass is 254 g/mol. The first-order valence-electron chi connectivity index (χ1n) is 5.66. The van der Waals surface area contributed by atoms with E-state index in [-0.39, 0.29) is 6.04 Å². The van der Waals surface area contributed by atoms with E-state index in [0.717, 1.165) is 16.7 Å². The predicted molar refractivity (Wildman–Crippen MR) is 67.4 cm³/mol. The van der Waals surface area contributed by atoms with Crippen LogP contribution < -0.4 is 5.73 Å². The molecular weight excluding hydrogens is 236 g/mol. The van der Waals surface area contributed by atoms with E-state index in [1.165, 1.54) is 4.31 Å². The van der Waals surface area contributed by atoms with Crippen LogP contribution in [0.25, 0.3) is 0 Å². The second-order valence-corrected chi connectivity index (χ2v) is 6.68. The summed E-state index contributed by atoms with van der Waals surface area (Å²) in [5.74, 6) is 0. The number of rotatable bonds is 2. The van der Waals surface area contributed by atoms with Crippen LogP contribution in [0.15, 0.2) is 17.0 Å². The molecular formula is C12H18N2O2S. The number of hydrogen-bond acceptors (Lipinski definition) is 3. The summed E-state index contributed by atoms with van der Waals surface area (Å²) in [4.78, 5) is 0.440. The Labute approximate surface area is 102 Å². The summed E-state index contributed by atoms with van der Waals surface area (Å²) in [5, 5.41) is 0. The van der Waals surface area contributed by atoms with Crippen LogP contribution in [0.4, 0.5) is 0 Å². The van der Waals surface area contributed by atoms with E-state index in [2.05, 4.69) is 0 Å². The summed E-state index contributed by atoms with van der Waals surface area (Å²) < 4.78 is 26.2. The first-order chi connectivity index (χ1) is 7.82. The Morgan fingerprint density at radius 1 is 1.18 bits per heavy atom. The predicted octanol–water partition coefficient (Wildman–Crippen LogP) is 0.943. The maximum atomic E-state index is 12.4. The van der Waals surface area contributed by atoms with Gasteiger partial charge in [-0.15, -0.1) is 0 Å². The fourth-order valence-corrected chi connectivity index (χ4v) is 4.33. The van der Waals surface area contributed by atoms with Gasteiger partial charge in [-0.1, -0.05) is 17.7 Å². The highest BCUT2D eigenvalue weighted by atomic mass is 32.2. The van der Waals surface area contributed by atoms with Crippen molar-refractivity contribution in [3.63, 3.8) is 0 Å². The number of nitrogens with two attached hydrogens (primary N) is 1. The summed E-state index contributed by atoms with van der Waals surface area (Å²) in [6.45, 7) is 6.50. The van der Waals surface area contributed by atoms with Crippen molar-refractivity contribution < 1.29 is 8.42 Å². The van der Waals surface area contributed by atoms with E-state index in [1.54, 1.807) is 0 Å². The molecule has 1 saturated heterocycles. The second-order valence-electron chi connectivity index (χ2n) is 4.81. The Morgan fingerprint density at radius 3 is 2.06 bits per heavy atom. The minimum Gasteiger partial charge on any atom is -0.325 e. The summed E-state index contributed by atoms with van der Waals surface area (Å²) in [6, 6.07) is 3.79. The third-order valence-corrected chi connectivity index (χ3v) is 5.22. The molecule has 0 bridgehead atoms. The zero-order valence-corrected chi connectivity index (χ0v) is 11.2. The van der Waals surface area contributed by atoms with Crippen molar-refractivity contribution in [1.29, 1.82) is 0 Å². The minimum absolute atomic E-state index is 0.0177. The number of hydrogen-bond donors (Lipinski definition) is 1. The highest BCUT2D eigenvalue weighted by Gasteiger charge is 2.36. The van der Waals surface area contributed by atoms with Gasteiger partial charge in [0.1, 0.15) is 0 Å². The molecule has 0 saturated carbocycles. The zero-order chi connectivity index (χ0) is 12.8. The molecule has 0 radical (unpaired) electrons. The van der Waals surface area contributed by atoms with Crippen molar-refractivity contribution in [3.05, 3.63) is 28.8 Å². The van der Waals surface area contributed by atoms with Crippen LogP contribution in [-0.2, 0) is 10.0 Å². The van der Waals surface area contributed by atoms with Gasteiger partial charge < -0.3 is 5.73 Å². The van der Waals surface area contributed by atoms with E-state index in [4.69, 9.17) is 5.73 Å². The highest BCUT2D eigenvalue weighted by molar-refractivity contribution is 7.89. The molecule has 0 atom stereocenters. The normalized spacial score (nSPS) is 18.1. The molecule has 4 nitrogen and oxygen atoms in total. The quantitative estimate of drug-likeness (QED) is 0.854. The molecule has 1 heterocycles. The van der Waals surface area contributed by atoms with Gasteiger partial charge in [-0.25, -0.2) is 8.42 Å². The molecule has 0 spiro atoms. The molecule has 1 aromatic carbocycles. The summed E-state index contributed by atoms with van der Waals surface area (Å²) in [7, 11) is -3.36. The molecule has 2 rings (SSSR count). The number of sulfonamides is 1. The van der Waals surface area contributed by atoms with Crippen molar-refractivity contribution in [3.8, 4) is 0 Å². The van der Waals surface area contributed by atoms with Crippen LogP contribution in [0.3, 0.4) is 0 Å². The lowest BCUT2D eigenvalue weighted by Gasteiger charge is -2.36. The standard InChI is InChI=1S/C12H18N2O2S/c1-8-4-9(2)12(10(3)5-8)17(15,16)14-6-11(13)7-14/h4-5,11H,6-7,13H2,1-3H3. The second kappa shape index (κ2) is 4.08. The maximum absolute atomic E-state index is 12.4. The smallest absolute Gasteiger partial charge is 0.243 e. The van der Waals surface area contributed by atoms with Crippen LogP contribution in [0.2, 0.25) is 0 Å². The lowest BCUT2D eigenvalue weighted by atomic mass is 10.1. The van der Waals surface area contributed by atoms with E-state index in [9.17, 15) is 8.42 Å². The van der Waals surface area contributed by atoms with E-state index in [0.29, 0.717) is 18.0 Å². The van der Waals surface area contributed by atoms with Crippen LogP contribution in [0, 0.1) is 20.8 Å². The average molecular weight is 254 g/mol. The fraction of sp³-hybridized carbons (Fsp3) is 0.500. The molecule has 1 aliphatic rings. The molecule has 0 unspecified atom stereocenters. The molecule has 5 heteroatoms. The molecule has 1 fully saturated rings. The molecule has 0 aromatic heterocycles. The van der Waals surface area contributed by atoms with Gasteiger partial charge >= 0.3 is 0 Å². The lowest BCUT2D eigenvalue weighted by Crippen LogP contribution is -2.57. The summed E-state index contributed by atoms with van der Waals surface area (Å²) >= 11 is 0. The van der Waals surface area contributed by atoms with Gasteiger partial charge in [0.15, 0.2) is 0 Å². The van der Waals surface area contributed by atoms with Crippen LogP contribution >= 0.6 is 0 Å². The van der Waals surface area contributed by atoms with Crippen molar-refractivity contribution in [2.45, 2.75) is 31.7 Å². The highest BCUT2D eigenvalue weighted by Crippen LogP contribution is 2.27. The van der Waals surface area contributed by atoms with E-state index >= 15 is 0 Å². The molecule has 1 aromatic rings. The Balaban J connectivity index is 2.47. The van der Waals surface area contributed by atoms with Crippen LogP contribution in [-0.4, -0.2) is 31.9 Å². The van der Waals surface area contributed by atoms with Gasteiger partial charge in [-0.3, -0.25) is 0 Å². The molecule has 0 aliphatic carbocycles. The van der Waals surface area contributed by atoms with Crippen LogP contribution in [0.5, 0.6) is 0 Å². The number of nitrogens with zero attached hydrogens (tertiary/aromatic N) is 1. The average Bonchev–Trinajstić information content (AvgIpc) is 2.10. The van der Waals surface area contributed by atoms with Gasteiger partial charge in [-0.05, 0) is 31.9 Å². The largest absolute Gasteiger partial charge is 0.325 e. The first-order valence-corrected chi connectivity index (χ1v) is 7.10. The number of benzene rings is 1. The summed E-state index contributed by atoms with van der Waals surface area (Å²) in [6.07, 6.45) is 0. The lowest BCUT2D eigenvalue weighted by molar-refractivity contribution is 0.265. The van der Waals surface area contributed by atoms with Crippen LogP contribution in [0.1, 0.15) is 16.7 Å². The Hall–Kier alpha value is -0.910. The third-order valence-electron chi connectivity index (χ3n) is 3.08. The van der Waals surface area contributed by atoms with Crippen molar-refractivity contribution in [1.82, 2.24) is 4.31 Å². The first kappa shape index (κ1) is 12.5. The van der Waals surface area contributed by atoms with Gasteiger partial charge in [0.25, 0.3) is 0 Å². The molecule has 94 valence electrons. The molecule has 1 aliphatic heterocycles. The molecule has 17 heavy (non-hydrogen) atoms. The van der Waals surface area contributed by atoms with Gasteiger partial charge in [0.2, 0.25) is 10.0 Å². The van der Waals surface area contributed by atoms with Gasteiger partial charge in [0, 0.05) is 19.1 Å².